The predicted octanol–water partition coefficient (Wildman–Crippen LogP) is 2.25. The quantitative estimate of drug-likeness (QED) is 0.362. The lowest BCUT2D eigenvalue weighted by atomic mass is 9.87. The van der Waals surface area contributed by atoms with Crippen LogP contribution < -0.4 is 10.0 Å². The molecule has 2 heterocycles. The average Bonchev–Trinajstić information content (AvgIpc) is 3.20. The number of halogens is 1. The van der Waals surface area contributed by atoms with E-state index < -0.39 is 10.0 Å². The first kappa shape index (κ1) is 22.2. The zero-order valence-corrected chi connectivity index (χ0v) is 19.0. The first-order valence-corrected chi connectivity index (χ1v) is 11.0. The summed E-state index contributed by atoms with van der Waals surface area (Å²) in [5.74, 6) is 0.915. The summed E-state index contributed by atoms with van der Waals surface area (Å²) in [7, 11) is -3.28. The molecule has 2 saturated heterocycles. The molecular formula is C18H29IN4O3S. The number of aliphatic imine (C=N–C) groups is 1. The molecule has 27 heavy (non-hydrogen) atoms. The van der Waals surface area contributed by atoms with Crippen molar-refractivity contribution in [2.75, 3.05) is 43.8 Å². The van der Waals surface area contributed by atoms with E-state index in [2.05, 4.69) is 21.9 Å². The Labute approximate surface area is 179 Å². The van der Waals surface area contributed by atoms with Crippen LogP contribution in [0, 0.1) is 5.41 Å². The molecule has 7 nitrogen and oxygen atoms in total. The van der Waals surface area contributed by atoms with Crippen molar-refractivity contribution in [3.63, 3.8) is 0 Å². The normalized spacial score (nSPS) is 22.7. The summed E-state index contributed by atoms with van der Waals surface area (Å²) in [5, 5.41) is 3.38. The van der Waals surface area contributed by atoms with Crippen LogP contribution in [0.1, 0.15) is 25.3 Å². The molecule has 2 aliphatic heterocycles. The third kappa shape index (κ3) is 6.21. The van der Waals surface area contributed by atoms with E-state index in [0.717, 1.165) is 63.5 Å². The molecule has 0 amide bonds. The lowest BCUT2D eigenvalue weighted by Crippen LogP contribution is -2.41. The summed E-state index contributed by atoms with van der Waals surface area (Å²) in [6.45, 7) is 7.07. The highest BCUT2D eigenvalue weighted by Gasteiger charge is 2.42. The van der Waals surface area contributed by atoms with Gasteiger partial charge in [0.15, 0.2) is 5.96 Å². The SMILES string of the molecule is CCNC(=NCc1cccc(NS(C)(=O)=O)c1)N1CCC2(CCOC2)C1.I. The maximum absolute atomic E-state index is 11.4. The van der Waals surface area contributed by atoms with Gasteiger partial charge >= 0.3 is 0 Å². The molecule has 3 rings (SSSR count). The van der Waals surface area contributed by atoms with Gasteiger partial charge in [-0.05, 0) is 37.5 Å². The number of rotatable bonds is 5. The minimum atomic E-state index is -3.28. The van der Waals surface area contributed by atoms with Crippen LogP contribution in [0.25, 0.3) is 0 Å². The molecule has 0 aliphatic carbocycles. The highest BCUT2D eigenvalue weighted by atomic mass is 127. The van der Waals surface area contributed by atoms with Gasteiger partial charge in [-0.25, -0.2) is 13.4 Å². The fraction of sp³-hybridized carbons (Fsp3) is 0.611. The minimum absolute atomic E-state index is 0. The summed E-state index contributed by atoms with van der Waals surface area (Å²) in [6.07, 6.45) is 3.42. The molecule has 2 N–H and O–H groups in total. The summed E-state index contributed by atoms with van der Waals surface area (Å²) in [5.41, 5.74) is 1.82. The van der Waals surface area contributed by atoms with Gasteiger partial charge in [-0.3, -0.25) is 4.72 Å². The highest BCUT2D eigenvalue weighted by molar-refractivity contribution is 14.0. The van der Waals surface area contributed by atoms with Gasteiger partial charge in [0.1, 0.15) is 0 Å². The van der Waals surface area contributed by atoms with E-state index in [1.165, 1.54) is 0 Å². The van der Waals surface area contributed by atoms with Crippen molar-refractivity contribution in [1.82, 2.24) is 10.2 Å². The van der Waals surface area contributed by atoms with Gasteiger partial charge in [-0.15, -0.1) is 24.0 Å². The number of nitrogens with one attached hydrogen (secondary N) is 2. The lowest BCUT2D eigenvalue weighted by Gasteiger charge is -2.25. The number of hydrogen-bond acceptors (Lipinski definition) is 4. The molecule has 1 aromatic carbocycles. The van der Waals surface area contributed by atoms with Crippen LogP contribution in [-0.2, 0) is 21.3 Å². The molecule has 1 atom stereocenters. The lowest BCUT2D eigenvalue weighted by molar-refractivity contribution is 0.156. The molecule has 2 fully saturated rings. The monoisotopic (exact) mass is 508 g/mol. The van der Waals surface area contributed by atoms with E-state index in [-0.39, 0.29) is 29.4 Å². The third-order valence-corrected chi connectivity index (χ3v) is 5.51. The summed E-state index contributed by atoms with van der Waals surface area (Å²) < 4.78 is 30.9. The number of sulfonamides is 1. The molecule has 9 heteroatoms. The van der Waals surface area contributed by atoms with Crippen LogP contribution >= 0.6 is 24.0 Å². The number of anilines is 1. The maximum Gasteiger partial charge on any atom is 0.229 e. The Morgan fingerprint density at radius 1 is 1.37 bits per heavy atom. The maximum atomic E-state index is 11.4. The minimum Gasteiger partial charge on any atom is -0.381 e. The first-order valence-electron chi connectivity index (χ1n) is 9.07. The molecule has 1 spiro atoms. The van der Waals surface area contributed by atoms with Crippen LogP contribution in [-0.4, -0.2) is 58.4 Å². The van der Waals surface area contributed by atoms with Crippen LogP contribution in [0.2, 0.25) is 0 Å². The van der Waals surface area contributed by atoms with Crippen molar-refractivity contribution in [1.29, 1.82) is 0 Å². The molecule has 152 valence electrons. The Morgan fingerprint density at radius 3 is 2.85 bits per heavy atom. The molecule has 1 aromatic rings. The van der Waals surface area contributed by atoms with Crippen molar-refractivity contribution in [3.05, 3.63) is 29.8 Å². The van der Waals surface area contributed by atoms with E-state index >= 15 is 0 Å². The predicted molar refractivity (Wildman–Crippen MR) is 119 cm³/mol. The van der Waals surface area contributed by atoms with E-state index in [4.69, 9.17) is 9.73 Å². The smallest absolute Gasteiger partial charge is 0.229 e. The fourth-order valence-corrected chi connectivity index (χ4v) is 4.18. The van der Waals surface area contributed by atoms with Gasteiger partial charge in [0.2, 0.25) is 10.0 Å². The number of ether oxygens (including phenoxy) is 1. The Morgan fingerprint density at radius 2 is 2.19 bits per heavy atom. The largest absolute Gasteiger partial charge is 0.381 e. The average molecular weight is 508 g/mol. The highest BCUT2D eigenvalue weighted by Crippen LogP contribution is 2.38. The van der Waals surface area contributed by atoms with E-state index in [1.807, 2.05) is 18.2 Å². The van der Waals surface area contributed by atoms with Crippen molar-refractivity contribution >= 4 is 45.6 Å². The van der Waals surface area contributed by atoms with Gasteiger partial charge in [-0.1, -0.05) is 12.1 Å². The Balaban J connectivity index is 0.00000261. The molecule has 0 saturated carbocycles. The van der Waals surface area contributed by atoms with Crippen molar-refractivity contribution in [2.45, 2.75) is 26.3 Å². The Hall–Kier alpha value is -1.07. The molecule has 1 unspecified atom stereocenters. The number of benzene rings is 1. The first-order chi connectivity index (χ1) is 12.4. The fourth-order valence-electron chi connectivity index (χ4n) is 3.63. The second-order valence-corrected chi connectivity index (χ2v) is 8.97. The van der Waals surface area contributed by atoms with Crippen LogP contribution in [0.3, 0.4) is 0 Å². The third-order valence-electron chi connectivity index (χ3n) is 4.90. The Kier molecular flexibility index (Phi) is 7.75. The summed E-state index contributed by atoms with van der Waals surface area (Å²) in [6, 6.07) is 7.36. The van der Waals surface area contributed by atoms with Crippen molar-refractivity contribution in [3.8, 4) is 0 Å². The summed E-state index contributed by atoms with van der Waals surface area (Å²) in [4.78, 5) is 7.09. The molecule has 0 radical (unpaired) electrons. The number of guanidine groups is 1. The van der Waals surface area contributed by atoms with Crippen LogP contribution in [0.4, 0.5) is 5.69 Å². The second-order valence-electron chi connectivity index (χ2n) is 7.22. The van der Waals surface area contributed by atoms with Gasteiger partial charge in [-0.2, -0.15) is 0 Å². The number of likely N-dealkylation sites (tertiary alicyclic amines) is 1. The Bertz CT molecular complexity index is 764. The van der Waals surface area contributed by atoms with Gasteiger partial charge in [0.25, 0.3) is 0 Å². The molecule has 0 aromatic heterocycles. The van der Waals surface area contributed by atoms with Crippen molar-refractivity contribution < 1.29 is 13.2 Å². The second kappa shape index (κ2) is 9.42. The van der Waals surface area contributed by atoms with E-state index in [9.17, 15) is 8.42 Å². The zero-order chi connectivity index (χ0) is 18.6. The summed E-state index contributed by atoms with van der Waals surface area (Å²) >= 11 is 0. The molecular weight excluding hydrogens is 479 g/mol. The van der Waals surface area contributed by atoms with Gasteiger partial charge < -0.3 is 15.0 Å². The number of nitrogens with zero attached hydrogens (tertiary/aromatic N) is 2. The van der Waals surface area contributed by atoms with E-state index in [0.29, 0.717) is 12.2 Å². The molecule has 0 bridgehead atoms. The van der Waals surface area contributed by atoms with Gasteiger partial charge in [0, 0.05) is 37.3 Å². The molecule has 2 aliphatic rings. The van der Waals surface area contributed by atoms with E-state index in [1.54, 1.807) is 6.07 Å². The van der Waals surface area contributed by atoms with Crippen LogP contribution in [0.5, 0.6) is 0 Å². The number of hydrogen-bond donors (Lipinski definition) is 2. The zero-order valence-electron chi connectivity index (χ0n) is 15.9. The van der Waals surface area contributed by atoms with Crippen molar-refractivity contribution in [2.24, 2.45) is 10.4 Å². The van der Waals surface area contributed by atoms with Crippen LogP contribution in [0.15, 0.2) is 29.3 Å². The topological polar surface area (TPSA) is 83.0 Å². The van der Waals surface area contributed by atoms with Gasteiger partial charge in [0.05, 0.1) is 19.4 Å². The standard InChI is InChI=1S/C18H28N4O3S.HI/c1-3-19-17(22-9-7-18(13-22)8-10-25-14-18)20-12-15-5-4-6-16(11-15)21-26(2,23)24;/h4-6,11,21H,3,7-10,12-14H2,1-2H3,(H,19,20);1H.